The predicted octanol–water partition coefficient (Wildman–Crippen LogP) is 4.85. The molecule has 0 N–H and O–H groups in total. The molecule has 0 fully saturated rings. The molecule has 1 heterocycles. The second-order valence-corrected chi connectivity index (χ2v) is 5.55. The number of benzene rings is 2. The molecule has 2 nitrogen and oxygen atoms in total. The van der Waals surface area contributed by atoms with E-state index in [2.05, 4.69) is 74.0 Å². The van der Waals surface area contributed by atoms with E-state index in [1.165, 1.54) is 16.7 Å². The normalized spacial score (nSPS) is 12.0. The fraction of sp³-hybridized carbons (Fsp3) is 0.0556. The van der Waals surface area contributed by atoms with E-state index in [4.69, 9.17) is 0 Å². The molecular weight excluding hydrogens is 324 g/mol. The smallest absolute Gasteiger partial charge is 0.0949 e. The van der Waals surface area contributed by atoms with E-state index in [-0.39, 0.29) is 0 Å². The van der Waals surface area contributed by atoms with Crippen molar-refractivity contribution in [1.29, 1.82) is 0 Å². The summed E-state index contributed by atoms with van der Waals surface area (Å²) in [5, 5.41) is 0. The van der Waals surface area contributed by atoms with Crippen LogP contribution in [0.3, 0.4) is 0 Å². The first-order valence-corrected chi connectivity index (χ1v) is 7.59. The molecule has 0 aliphatic heterocycles. The average molecular weight is 339 g/mol. The van der Waals surface area contributed by atoms with Gasteiger partial charge in [0, 0.05) is 16.9 Å². The zero-order chi connectivity index (χ0) is 14.5. The largest absolute Gasteiger partial charge is 0.333 e. The van der Waals surface area contributed by atoms with Crippen LogP contribution >= 0.6 is 15.9 Å². The van der Waals surface area contributed by atoms with Gasteiger partial charge >= 0.3 is 0 Å². The molecule has 0 atom stereocenters. The van der Waals surface area contributed by atoms with Gasteiger partial charge in [-0.1, -0.05) is 60.7 Å². The molecule has 0 aliphatic carbocycles. The fourth-order valence-corrected chi connectivity index (χ4v) is 2.87. The number of hydrogen-bond donors (Lipinski definition) is 0. The van der Waals surface area contributed by atoms with Crippen LogP contribution in [-0.4, -0.2) is 9.55 Å². The number of hydrogen-bond acceptors (Lipinski definition) is 1. The van der Waals surface area contributed by atoms with E-state index < -0.39 is 0 Å². The summed E-state index contributed by atoms with van der Waals surface area (Å²) in [5.41, 5.74) is 3.62. The molecule has 0 unspecified atom stereocenters. The van der Waals surface area contributed by atoms with E-state index in [1.54, 1.807) is 6.20 Å². The molecule has 3 aromatic rings. The number of allylic oxidation sites excluding steroid dienone is 1. The highest BCUT2D eigenvalue weighted by molar-refractivity contribution is 9.15. The van der Waals surface area contributed by atoms with Crippen LogP contribution in [0, 0.1) is 0 Å². The van der Waals surface area contributed by atoms with Crippen LogP contribution in [0.1, 0.15) is 11.1 Å². The Balaban J connectivity index is 2.07. The van der Waals surface area contributed by atoms with Crippen LogP contribution < -0.4 is 0 Å². The zero-order valence-electron chi connectivity index (χ0n) is 11.5. The fourth-order valence-electron chi connectivity index (χ4n) is 2.25. The Bertz CT molecular complexity index is 716. The number of rotatable bonds is 4. The van der Waals surface area contributed by atoms with Crippen LogP contribution in [0.25, 0.3) is 10.1 Å². The maximum Gasteiger partial charge on any atom is 0.0949 e. The third kappa shape index (κ3) is 3.31. The first-order chi connectivity index (χ1) is 10.3. The van der Waals surface area contributed by atoms with Crippen LogP contribution in [0.15, 0.2) is 79.4 Å². The number of nitrogens with zero attached hydrogens (tertiary/aromatic N) is 2. The third-order valence-corrected chi connectivity index (χ3v) is 4.25. The van der Waals surface area contributed by atoms with E-state index in [1.807, 2.05) is 24.7 Å². The molecule has 3 rings (SSSR count). The second-order valence-electron chi connectivity index (χ2n) is 4.76. The van der Waals surface area contributed by atoms with Gasteiger partial charge in [0.15, 0.2) is 0 Å². The Morgan fingerprint density at radius 1 is 0.905 bits per heavy atom. The maximum absolute atomic E-state index is 4.13. The van der Waals surface area contributed by atoms with Crippen molar-refractivity contribution in [1.82, 2.24) is 9.55 Å². The maximum atomic E-state index is 4.13. The van der Waals surface area contributed by atoms with Crippen molar-refractivity contribution in [3.05, 3.63) is 90.5 Å². The Hall–Kier alpha value is -2.13. The van der Waals surface area contributed by atoms with Gasteiger partial charge in [0.1, 0.15) is 0 Å². The third-order valence-electron chi connectivity index (χ3n) is 3.31. The summed E-state index contributed by atoms with van der Waals surface area (Å²) in [6, 6.07) is 20.8. The van der Waals surface area contributed by atoms with Crippen molar-refractivity contribution in [2.75, 3.05) is 0 Å². The minimum absolute atomic E-state index is 0.777. The Kier molecular flexibility index (Phi) is 4.31. The Morgan fingerprint density at radius 3 is 2.10 bits per heavy atom. The van der Waals surface area contributed by atoms with E-state index in [0.29, 0.717) is 0 Å². The molecule has 0 bridgehead atoms. The molecule has 0 amide bonds. The van der Waals surface area contributed by atoms with Crippen LogP contribution in [0.4, 0.5) is 0 Å². The summed E-state index contributed by atoms with van der Waals surface area (Å²) in [6.07, 6.45) is 5.63. The molecule has 1 aromatic heterocycles. The van der Waals surface area contributed by atoms with Gasteiger partial charge in [-0.2, -0.15) is 0 Å². The predicted molar refractivity (Wildman–Crippen MR) is 90.9 cm³/mol. The zero-order valence-corrected chi connectivity index (χ0v) is 13.1. The van der Waals surface area contributed by atoms with Gasteiger partial charge < -0.3 is 4.57 Å². The van der Waals surface area contributed by atoms with Gasteiger partial charge in [0.25, 0.3) is 0 Å². The first-order valence-electron chi connectivity index (χ1n) is 6.80. The van der Waals surface area contributed by atoms with E-state index in [9.17, 15) is 0 Å². The number of imidazole rings is 1. The molecule has 0 spiro atoms. The molecule has 0 radical (unpaired) electrons. The lowest BCUT2D eigenvalue weighted by Crippen LogP contribution is -1.99. The van der Waals surface area contributed by atoms with E-state index in [0.717, 1.165) is 11.0 Å². The topological polar surface area (TPSA) is 17.8 Å². The monoisotopic (exact) mass is 338 g/mol. The summed E-state index contributed by atoms with van der Waals surface area (Å²) >= 11 is 3.78. The molecule has 21 heavy (non-hydrogen) atoms. The summed E-state index contributed by atoms with van der Waals surface area (Å²) in [4.78, 5) is 4.13. The quantitative estimate of drug-likeness (QED) is 0.622. The van der Waals surface area contributed by atoms with Gasteiger partial charge in [-0.05, 0) is 32.6 Å². The first kappa shape index (κ1) is 13.8. The second kappa shape index (κ2) is 6.55. The van der Waals surface area contributed by atoms with Crippen molar-refractivity contribution in [3.63, 3.8) is 0 Å². The minimum Gasteiger partial charge on any atom is -0.333 e. The molecule has 0 saturated carbocycles. The van der Waals surface area contributed by atoms with Gasteiger partial charge in [-0.3, -0.25) is 0 Å². The molecule has 0 aliphatic rings. The van der Waals surface area contributed by atoms with Gasteiger partial charge in [-0.15, -0.1) is 0 Å². The molecule has 2 aromatic carbocycles. The Morgan fingerprint density at radius 2 is 1.52 bits per heavy atom. The minimum atomic E-state index is 0.777. The molecular formula is C18H15BrN2. The van der Waals surface area contributed by atoms with Crippen LogP contribution in [0.2, 0.25) is 0 Å². The van der Waals surface area contributed by atoms with Crippen molar-refractivity contribution >= 4 is 26.0 Å². The Labute approximate surface area is 132 Å². The standard InChI is InChI=1S/C18H15BrN2/c19-18(16-9-5-2-6-10-16)17(13-21-12-11-20-14-21)15-7-3-1-4-8-15/h1-12,14H,13H2. The van der Waals surface area contributed by atoms with Gasteiger partial charge in [0.05, 0.1) is 12.9 Å². The van der Waals surface area contributed by atoms with Crippen molar-refractivity contribution in [2.24, 2.45) is 0 Å². The average Bonchev–Trinajstić information content (AvgIpc) is 3.07. The summed E-state index contributed by atoms with van der Waals surface area (Å²) in [7, 11) is 0. The molecule has 0 saturated heterocycles. The summed E-state index contributed by atoms with van der Waals surface area (Å²) in [5.74, 6) is 0. The highest BCUT2D eigenvalue weighted by Crippen LogP contribution is 2.32. The lowest BCUT2D eigenvalue weighted by atomic mass is 10.0. The van der Waals surface area contributed by atoms with Crippen molar-refractivity contribution in [3.8, 4) is 0 Å². The summed E-state index contributed by atoms with van der Waals surface area (Å²) in [6.45, 7) is 0.777. The van der Waals surface area contributed by atoms with Crippen LogP contribution in [0.5, 0.6) is 0 Å². The van der Waals surface area contributed by atoms with Crippen molar-refractivity contribution < 1.29 is 0 Å². The number of halogens is 1. The SMILES string of the molecule is BrC(=C(Cn1ccnc1)c1ccccc1)c1ccccc1. The summed E-state index contributed by atoms with van der Waals surface area (Å²) < 4.78 is 3.19. The molecule has 3 heteroatoms. The van der Waals surface area contributed by atoms with Crippen molar-refractivity contribution in [2.45, 2.75) is 6.54 Å². The van der Waals surface area contributed by atoms with Gasteiger partial charge in [0.2, 0.25) is 0 Å². The number of aromatic nitrogens is 2. The molecule has 104 valence electrons. The highest BCUT2D eigenvalue weighted by atomic mass is 79.9. The highest BCUT2D eigenvalue weighted by Gasteiger charge is 2.09. The van der Waals surface area contributed by atoms with E-state index >= 15 is 0 Å². The van der Waals surface area contributed by atoms with Crippen LogP contribution in [-0.2, 0) is 6.54 Å². The van der Waals surface area contributed by atoms with Gasteiger partial charge in [-0.25, -0.2) is 4.98 Å². The lowest BCUT2D eigenvalue weighted by Gasteiger charge is -2.13. The lowest BCUT2D eigenvalue weighted by molar-refractivity contribution is 0.836.